The van der Waals surface area contributed by atoms with E-state index in [1.807, 2.05) is 0 Å². The average molecular weight is 376 g/mol. The van der Waals surface area contributed by atoms with Crippen molar-refractivity contribution in [3.8, 4) is 0 Å². The van der Waals surface area contributed by atoms with Crippen molar-refractivity contribution in [3.05, 3.63) is 28.5 Å². The summed E-state index contributed by atoms with van der Waals surface area (Å²) in [6.45, 7) is 0.701. The van der Waals surface area contributed by atoms with E-state index in [0.717, 1.165) is 28.8 Å². The molecule has 0 amide bonds. The van der Waals surface area contributed by atoms with Crippen LogP contribution < -0.4 is 5.32 Å². The van der Waals surface area contributed by atoms with Gasteiger partial charge in [0.1, 0.15) is 5.82 Å². The van der Waals surface area contributed by atoms with Gasteiger partial charge in [0.2, 0.25) is 0 Å². The van der Waals surface area contributed by atoms with Crippen LogP contribution in [0, 0.1) is 5.82 Å². The summed E-state index contributed by atoms with van der Waals surface area (Å²) in [6, 6.07) is 2.64. The zero-order valence-corrected chi connectivity index (χ0v) is 14.7. The number of esters is 1. The number of benzene rings is 1. The fraction of sp³-hybridized carbons (Fsp3) is 0.357. The minimum Gasteiger partial charge on any atom is -0.469 e. The molecule has 2 rings (SSSR count). The summed E-state index contributed by atoms with van der Waals surface area (Å²) >= 11 is 11.0. The van der Waals surface area contributed by atoms with E-state index in [4.69, 9.17) is 22.8 Å². The number of ether oxygens (including phenoxy) is 1. The summed E-state index contributed by atoms with van der Waals surface area (Å²) < 4.78 is 18.7. The number of carbonyl (C=O) groups excluding carboxylic acids is 1. The van der Waals surface area contributed by atoms with Gasteiger partial charge in [-0.1, -0.05) is 11.6 Å². The molecule has 1 aromatic rings. The van der Waals surface area contributed by atoms with E-state index >= 15 is 0 Å². The standard InChI is InChI=1S/C14H15ClFN3O2S2/c1-21-13(20)7-9-6-12(11(16)8-10(9)15)18-14(23-22)19-5-3-2-4-17-19/h4,6,8,18H,2-3,5,7H2,1H3. The van der Waals surface area contributed by atoms with E-state index in [1.165, 1.54) is 13.2 Å². The van der Waals surface area contributed by atoms with Gasteiger partial charge in [-0.3, -0.25) is 4.79 Å². The van der Waals surface area contributed by atoms with Crippen LogP contribution in [0.25, 0.3) is 0 Å². The van der Waals surface area contributed by atoms with Crippen molar-refractivity contribution < 1.29 is 13.9 Å². The molecule has 1 N–H and O–H groups in total. The third-order valence-electron chi connectivity index (χ3n) is 3.18. The number of nitrogens with zero attached hydrogens (tertiary/aromatic N) is 2. The lowest BCUT2D eigenvalue weighted by Gasteiger charge is -2.23. The van der Waals surface area contributed by atoms with Gasteiger partial charge in [0.05, 0.1) is 19.2 Å². The number of methoxy groups -OCH3 is 1. The molecule has 0 unspecified atom stereocenters. The highest BCUT2D eigenvalue weighted by Gasteiger charge is 2.16. The highest BCUT2D eigenvalue weighted by molar-refractivity contribution is 8.17. The van der Waals surface area contributed by atoms with E-state index in [1.54, 1.807) is 11.2 Å². The third kappa shape index (κ3) is 4.73. The second-order valence-electron chi connectivity index (χ2n) is 4.75. The van der Waals surface area contributed by atoms with Gasteiger partial charge >= 0.3 is 5.97 Å². The normalized spacial score (nSPS) is 13.6. The maximum absolute atomic E-state index is 14.1. The molecule has 5 nitrogen and oxygen atoms in total. The maximum Gasteiger partial charge on any atom is 0.310 e. The summed E-state index contributed by atoms with van der Waals surface area (Å²) in [5.74, 6) is -0.988. The number of rotatable bonds is 3. The Bertz CT molecular complexity index is 693. The van der Waals surface area contributed by atoms with Crippen molar-refractivity contribution >= 4 is 55.7 Å². The maximum atomic E-state index is 14.1. The van der Waals surface area contributed by atoms with E-state index < -0.39 is 11.8 Å². The van der Waals surface area contributed by atoms with Crippen LogP contribution in [0.3, 0.4) is 0 Å². The van der Waals surface area contributed by atoms with Gasteiger partial charge < -0.3 is 10.1 Å². The molecule has 9 heteroatoms. The quantitative estimate of drug-likeness (QED) is 0.649. The molecule has 1 aromatic carbocycles. The number of hydrogen-bond acceptors (Lipinski definition) is 4. The molecule has 124 valence electrons. The van der Waals surface area contributed by atoms with E-state index in [2.05, 4.69) is 15.2 Å². The molecule has 0 fully saturated rings. The van der Waals surface area contributed by atoms with Crippen molar-refractivity contribution in [3.63, 3.8) is 0 Å². The predicted octanol–water partition coefficient (Wildman–Crippen LogP) is 2.32. The Hall–Kier alpha value is -1.51. The van der Waals surface area contributed by atoms with Gasteiger partial charge in [0, 0.05) is 17.8 Å². The summed E-state index contributed by atoms with van der Waals surface area (Å²) in [6.07, 6.45) is 3.60. The zero-order chi connectivity index (χ0) is 16.8. The Labute approximate surface area is 146 Å². The molecule has 1 heterocycles. The summed E-state index contributed by atoms with van der Waals surface area (Å²) in [7, 11) is 2.30. The molecule has 0 bridgehead atoms. The fourth-order valence-electron chi connectivity index (χ4n) is 2.00. The number of carbonyl (C=O) groups is 1. The SMILES string of the molecule is COC(=O)Cc1cc(NC(=S=S)N2CCCC=N2)c(F)cc1Cl. The van der Waals surface area contributed by atoms with Crippen LogP contribution >= 0.6 is 11.6 Å². The monoisotopic (exact) mass is 375 g/mol. The topological polar surface area (TPSA) is 53.9 Å². The van der Waals surface area contributed by atoms with Crippen LogP contribution in [0.4, 0.5) is 10.1 Å². The Kier molecular flexibility index (Phi) is 6.49. The highest BCUT2D eigenvalue weighted by atomic mass is 35.5. The first-order chi connectivity index (χ1) is 11.0. The number of anilines is 1. The molecule has 0 saturated heterocycles. The average Bonchev–Trinajstić information content (AvgIpc) is 2.56. The van der Waals surface area contributed by atoms with E-state index in [9.17, 15) is 9.18 Å². The lowest BCUT2D eigenvalue weighted by Crippen LogP contribution is -2.35. The Morgan fingerprint density at radius 1 is 1.61 bits per heavy atom. The Morgan fingerprint density at radius 2 is 2.39 bits per heavy atom. The van der Waals surface area contributed by atoms with Gasteiger partial charge in [0.25, 0.3) is 0 Å². The number of halogens is 2. The molecule has 0 spiro atoms. The van der Waals surface area contributed by atoms with Gasteiger partial charge in [-0.05, 0) is 51.6 Å². The summed E-state index contributed by atoms with van der Waals surface area (Å²) in [5.41, 5.74) is 0.653. The highest BCUT2D eigenvalue weighted by Crippen LogP contribution is 2.25. The van der Waals surface area contributed by atoms with Crippen molar-refractivity contribution in [2.45, 2.75) is 19.3 Å². The molecule has 0 radical (unpaired) electrons. The van der Waals surface area contributed by atoms with Crippen LogP contribution in [-0.4, -0.2) is 36.0 Å². The van der Waals surface area contributed by atoms with Crippen LogP contribution in [-0.2, 0) is 37.1 Å². The number of hydrazone groups is 1. The molecular weight excluding hydrogens is 361 g/mol. The van der Waals surface area contributed by atoms with Crippen molar-refractivity contribution in [2.24, 2.45) is 5.10 Å². The Balaban J connectivity index is 2.25. The van der Waals surface area contributed by atoms with Crippen molar-refractivity contribution in [1.82, 2.24) is 5.01 Å². The molecule has 23 heavy (non-hydrogen) atoms. The first-order valence-corrected chi connectivity index (χ1v) is 8.95. The van der Waals surface area contributed by atoms with Gasteiger partial charge in [-0.2, -0.15) is 5.10 Å². The first kappa shape index (κ1) is 17.8. The first-order valence-electron chi connectivity index (χ1n) is 6.83. The molecule has 1 aliphatic rings. The van der Waals surface area contributed by atoms with Crippen molar-refractivity contribution in [2.75, 3.05) is 19.0 Å². The molecular formula is C14H15ClFN3O2S2. The molecule has 0 saturated carbocycles. The molecule has 1 aliphatic heterocycles. The summed E-state index contributed by atoms with van der Waals surface area (Å²) in [4.78, 5) is 11.4. The van der Waals surface area contributed by atoms with E-state index in [0.29, 0.717) is 17.2 Å². The number of hydrogen-bond donors (Lipinski definition) is 1. The second kappa shape index (κ2) is 8.37. The minimum atomic E-state index is -0.536. The third-order valence-corrected chi connectivity index (χ3v) is 4.47. The lowest BCUT2D eigenvalue weighted by atomic mass is 10.1. The molecule has 0 aliphatic carbocycles. The van der Waals surface area contributed by atoms with Gasteiger partial charge in [0.15, 0.2) is 5.11 Å². The summed E-state index contributed by atoms with van der Waals surface area (Å²) in [5, 5.41) is 9.54. The van der Waals surface area contributed by atoms with Gasteiger partial charge in [-0.15, -0.1) is 0 Å². The Morgan fingerprint density at radius 3 is 3.00 bits per heavy atom. The second-order valence-corrected chi connectivity index (χ2v) is 6.21. The van der Waals surface area contributed by atoms with Crippen LogP contribution in [0.1, 0.15) is 18.4 Å². The van der Waals surface area contributed by atoms with Crippen LogP contribution in [0.5, 0.6) is 0 Å². The van der Waals surface area contributed by atoms with Crippen LogP contribution in [0.15, 0.2) is 17.2 Å². The largest absolute Gasteiger partial charge is 0.469 e. The zero-order valence-electron chi connectivity index (χ0n) is 12.3. The smallest absolute Gasteiger partial charge is 0.310 e. The predicted molar refractivity (Wildman–Crippen MR) is 94.9 cm³/mol. The molecule has 0 aromatic heterocycles. The van der Waals surface area contributed by atoms with Crippen LogP contribution in [0.2, 0.25) is 5.02 Å². The fourth-order valence-corrected chi connectivity index (χ4v) is 2.97. The van der Waals surface area contributed by atoms with Gasteiger partial charge in [-0.25, -0.2) is 9.40 Å². The minimum absolute atomic E-state index is 0.0392. The number of nitrogens with one attached hydrogen (secondary N) is 1. The lowest BCUT2D eigenvalue weighted by molar-refractivity contribution is -0.139. The molecule has 0 atom stereocenters. The van der Waals surface area contributed by atoms with E-state index in [-0.39, 0.29) is 17.1 Å². The van der Waals surface area contributed by atoms with Crippen molar-refractivity contribution in [1.29, 1.82) is 0 Å².